The van der Waals surface area contributed by atoms with E-state index in [2.05, 4.69) is 5.32 Å². The molecular weight excluding hydrogens is 218 g/mol. The second-order valence-corrected chi connectivity index (χ2v) is 4.92. The van der Waals surface area contributed by atoms with Crippen molar-refractivity contribution in [1.82, 2.24) is 10.2 Å². The molecule has 1 aliphatic heterocycles. The molecule has 98 valence electrons. The Labute approximate surface area is 103 Å². The zero-order valence-electron chi connectivity index (χ0n) is 10.7. The molecule has 0 aromatic rings. The van der Waals surface area contributed by atoms with Crippen LogP contribution in [0.25, 0.3) is 0 Å². The Morgan fingerprint density at radius 1 is 1.53 bits per heavy atom. The van der Waals surface area contributed by atoms with Crippen molar-refractivity contribution in [3.05, 3.63) is 0 Å². The van der Waals surface area contributed by atoms with Gasteiger partial charge in [0.15, 0.2) is 0 Å². The molecule has 0 saturated carbocycles. The van der Waals surface area contributed by atoms with Crippen molar-refractivity contribution in [1.29, 1.82) is 0 Å². The van der Waals surface area contributed by atoms with E-state index in [1.54, 1.807) is 0 Å². The summed E-state index contributed by atoms with van der Waals surface area (Å²) < 4.78 is 0. The van der Waals surface area contributed by atoms with Gasteiger partial charge in [0.05, 0.1) is 0 Å². The molecule has 0 aromatic heterocycles. The van der Waals surface area contributed by atoms with Gasteiger partial charge in [-0.3, -0.25) is 9.59 Å². The van der Waals surface area contributed by atoms with Crippen molar-refractivity contribution >= 4 is 11.8 Å². The molecular formula is C12H23N3O2. The van der Waals surface area contributed by atoms with Crippen LogP contribution in [0.3, 0.4) is 0 Å². The summed E-state index contributed by atoms with van der Waals surface area (Å²) in [6.45, 7) is 4.10. The van der Waals surface area contributed by atoms with E-state index < -0.39 is 0 Å². The molecule has 0 radical (unpaired) electrons. The molecule has 1 aliphatic rings. The summed E-state index contributed by atoms with van der Waals surface area (Å²) in [5.74, 6) is 0.139. The molecule has 2 atom stereocenters. The second-order valence-electron chi connectivity index (χ2n) is 4.92. The van der Waals surface area contributed by atoms with Crippen LogP contribution in [0.15, 0.2) is 0 Å². The number of carbonyl (C=O) groups is 2. The Hall–Kier alpha value is -1.10. The van der Waals surface area contributed by atoms with Gasteiger partial charge < -0.3 is 16.0 Å². The van der Waals surface area contributed by atoms with Gasteiger partial charge in [-0.2, -0.15) is 0 Å². The third kappa shape index (κ3) is 4.34. The normalized spacial score (nSPS) is 22.2. The predicted octanol–water partition coefficient (Wildman–Crippen LogP) is -0.0441. The molecule has 1 rings (SSSR count). The number of nitrogens with two attached hydrogens (primary N) is 1. The molecule has 2 amide bonds. The van der Waals surface area contributed by atoms with Gasteiger partial charge in [-0.25, -0.2) is 0 Å². The molecule has 3 N–H and O–H groups in total. The summed E-state index contributed by atoms with van der Waals surface area (Å²) in [5.41, 5.74) is 5.20. The number of primary amides is 1. The van der Waals surface area contributed by atoms with E-state index in [1.165, 1.54) is 0 Å². The first-order valence-corrected chi connectivity index (χ1v) is 6.26. The number of amides is 2. The number of hydrogen-bond acceptors (Lipinski definition) is 3. The van der Waals surface area contributed by atoms with Crippen molar-refractivity contribution in [3.8, 4) is 0 Å². The molecule has 1 saturated heterocycles. The Bertz CT molecular complexity index is 281. The fourth-order valence-corrected chi connectivity index (χ4v) is 2.42. The number of nitrogens with zero attached hydrogens (tertiary/aromatic N) is 1. The summed E-state index contributed by atoms with van der Waals surface area (Å²) in [5, 5.41) is 3.01. The number of hydrogen-bond donors (Lipinski definition) is 2. The predicted molar refractivity (Wildman–Crippen MR) is 66.2 cm³/mol. The molecule has 1 fully saturated rings. The Morgan fingerprint density at radius 3 is 2.82 bits per heavy atom. The maximum Gasteiger partial charge on any atom is 0.226 e. The fourth-order valence-electron chi connectivity index (χ4n) is 2.42. The Kier molecular flexibility index (Phi) is 5.41. The minimum Gasteiger partial charge on any atom is -0.370 e. The SMILES string of the molecule is CNCC(C)C(=O)N1CCCC(CC(N)=O)C1. The van der Waals surface area contributed by atoms with E-state index >= 15 is 0 Å². The van der Waals surface area contributed by atoms with Gasteiger partial charge in [-0.15, -0.1) is 0 Å². The molecule has 0 spiro atoms. The maximum absolute atomic E-state index is 12.1. The van der Waals surface area contributed by atoms with Gasteiger partial charge in [0, 0.05) is 32.0 Å². The van der Waals surface area contributed by atoms with Crippen molar-refractivity contribution in [2.75, 3.05) is 26.7 Å². The molecule has 17 heavy (non-hydrogen) atoms. The first-order valence-electron chi connectivity index (χ1n) is 6.26. The molecule has 5 heteroatoms. The summed E-state index contributed by atoms with van der Waals surface area (Å²) in [7, 11) is 1.84. The number of carbonyl (C=O) groups excluding carboxylic acids is 2. The van der Waals surface area contributed by atoms with Gasteiger partial charge in [-0.05, 0) is 25.8 Å². The third-order valence-electron chi connectivity index (χ3n) is 3.25. The molecule has 1 heterocycles. The first-order chi connectivity index (χ1) is 8.04. The van der Waals surface area contributed by atoms with Gasteiger partial charge in [0.2, 0.25) is 11.8 Å². The van der Waals surface area contributed by atoms with E-state index in [4.69, 9.17) is 5.73 Å². The van der Waals surface area contributed by atoms with Gasteiger partial charge in [-0.1, -0.05) is 6.92 Å². The lowest BCUT2D eigenvalue weighted by molar-refractivity contribution is -0.137. The Morgan fingerprint density at radius 2 is 2.24 bits per heavy atom. The Balaban J connectivity index is 2.48. The maximum atomic E-state index is 12.1. The van der Waals surface area contributed by atoms with E-state index in [-0.39, 0.29) is 23.7 Å². The third-order valence-corrected chi connectivity index (χ3v) is 3.25. The van der Waals surface area contributed by atoms with E-state index in [0.717, 1.165) is 19.4 Å². The molecule has 0 bridgehead atoms. The van der Waals surface area contributed by atoms with Crippen LogP contribution in [0.1, 0.15) is 26.2 Å². The summed E-state index contributed by atoms with van der Waals surface area (Å²) in [6.07, 6.45) is 2.35. The molecule has 0 aromatic carbocycles. The lowest BCUT2D eigenvalue weighted by Gasteiger charge is -2.34. The van der Waals surface area contributed by atoms with Crippen LogP contribution in [-0.2, 0) is 9.59 Å². The zero-order chi connectivity index (χ0) is 12.8. The van der Waals surface area contributed by atoms with Crippen molar-refractivity contribution in [3.63, 3.8) is 0 Å². The average molecular weight is 241 g/mol. The minimum absolute atomic E-state index is 0.00710. The highest BCUT2D eigenvalue weighted by Gasteiger charge is 2.27. The minimum atomic E-state index is -0.271. The largest absolute Gasteiger partial charge is 0.370 e. The van der Waals surface area contributed by atoms with Crippen LogP contribution in [0.5, 0.6) is 0 Å². The van der Waals surface area contributed by atoms with Crippen LogP contribution in [0.4, 0.5) is 0 Å². The number of piperidine rings is 1. The van der Waals surface area contributed by atoms with E-state index in [1.807, 2.05) is 18.9 Å². The van der Waals surface area contributed by atoms with E-state index in [9.17, 15) is 9.59 Å². The van der Waals surface area contributed by atoms with Crippen molar-refractivity contribution in [2.45, 2.75) is 26.2 Å². The average Bonchev–Trinajstić information content (AvgIpc) is 2.28. The topological polar surface area (TPSA) is 75.4 Å². The van der Waals surface area contributed by atoms with E-state index in [0.29, 0.717) is 19.5 Å². The van der Waals surface area contributed by atoms with Crippen LogP contribution in [0, 0.1) is 11.8 Å². The fraction of sp³-hybridized carbons (Fsp3) is 0.833. The summed E-state index contributed by atoms with van der Waals surface area (Å²) >= 11 is 0. The number of rotatable bonds is 5. The second kappa shape index (κ2) is 6.59. The van der Waals surface area contributed by atoms with Crippen LogP contribution < -0.4 is 11.1 Å². The van der Waals surface area contributed by atoms with Crippen LogP contribution >= 0.6 is 0 Å². The lowest BCUT2D eigenvalue weighted by atomic mass is 9.93. The van der Waals surface area contributed by atoms with Gasteiger partial charge in [0.25, 0.3) is 0 Å². The number of nitrogens with one attached hydrogen (secondary N) is 1. The summed E-state index contributed by atoms with van der Waals surface area (Å²) in [6, 6.07) is 0. The first kappa shape index (κ1) is 14.0. The zero-order valence-corrected chi connectivity index (χ0v) is 10.7. The smallest absolute Gasteiger partial charge is 0.226 e. The highest BCUT2D eigenvalue weighted by atomic mass is 16.2. The molecule has 5 nitrogen and oxygen atoms in total. The van der Waals surface area contributed by atoms with Crippen molar-refractivity contribution in [2.24, 2.45) is 17.6 Å². The highest BCUT2D eigenvalue weighted by molar-refractivity contribution is 5.79. The highest BCUT2D eigenvalue weighted by Crippen LogP contribution is 2.20. The van der Waals surface area contributed by atoms with Gasteiger partial charge >= 0.3 is 0 Å². The number of likely N-dealkylation sites (tertiary alicyclic amines) is 1. The molecule has 0 aliphatic carbocycles. The van der Waals surface area contributed by atoms with Gasteiger partial charge in [0.1, 0.15) is 0 Å². The standard InChI is InChI=1S/C12H23N3O2/c1-9(7-14-2)12(17)15-5-3-4-10(8-15)6-11(13)16/h9-10,14H,3-8H2,1-2H3,(H2,13,16). The quantitative estimate of drug-likeness (QED) is 0.709. The molecule has 2 unspecified atom stereocenters. The van der Waals surface area contributed by atoms with Crippen LogP contribution in [0.2, 0.25) is 0 Å². The summed E-state index contributed by atoms with van der Waals surface area (Å²) in [4.78, 5) is 24.9. The lowest BCUT2D eigenvalue weighted by Crippen LogP contribution is -2.44. The monoisotopic (exact) mass is 241 g/mol. The van der Waals surface area contributed by atoms with Crippen LogP contribution in [-0.4, -0.2) is 43.4 Å². The van der Waals surface area contributed by atoms with Crippen molar-refractivity contribution < 1.29 is 9.59 Å².